The fraction of sp³-hybridized carbons (Fsp3) is 0.174. The molecule has 1 amide bonds. The van der Waals surface area contributed by atoms with Gasteiger partial charge in [-0.05, 0) is 25.5 Å². The summed E-state index contributed by atoms with van der Waals surface area (Å²) in [5.41, 5.74) is 1.31. The highest BCUT2D eigenvalue weighted by Crippen LogP contribution is 2.33. The van der Waals surface area contributed by atoms with Crippen LogP contribution in [0.25, 0.3) is 16.9 Å². The zero-order valence-electron chi connectivity index (χ0n) is 16.8. The van der Waals surface area contributed by atoms with Crippen molar-refractivity contribution in [1.82, 2.24) is 19.9 Å². The Labute approximate surface area is 176 Å². The van der Waals surface area contributed by atoms with Gasteiger partial charge in [-0.2, -0.15) is 18.3 Å². The molecule has 2 aromatic heterocycles. The number of hydrogen-bond acceptors (Lipinski definition) is 3. The molecule has 31 heavy (non-hydrogen) atoms. The molecule has 0 aliphatic heterocycles. The minimum absolute atomic E-state index is 0.0257. The highest BCUT2D eigenvalue weighted by atomic mass is 19.4. The number of rotatable bonds is 4. The summed E-state index contributed by atoms with van der Waals surface area (Å²) in [5, 5.41) is 6.61. The number of nitrogens with one attached hydrogen (secondary N) is 1. The van der Waals surface area contributed by atoms with Crippen LogP contribution in [0.5, 0.6) is 0 Å². The van der Waals surface area contributed by atoms with Crippen LogP contribution >= 0.6 is 0 Å². The Hall–Kier alpha value is -3.68. The van der Waals surface area contributed by atoms with Crippen molar-refractivity contribution < 1.29 is 18.0 Å². The number of aryl methyl sites for hydroxylation is 1. The molecular formula is C23H19F3N4O. The van der Waals surface area contributed by atoms with Crippen molar-refractivity contribution in [3.63, 3.8) is 0 Å². The van der Waals surface area contributed by atoms with Gasteiger partial charge in [0.05, 0.1) is 17.9 Å². The topological polar surface area (TPSA) is 59.3 Å². The molecule has 0 radical (unpaired) electrons. The molecule has 4 aromatic rings. The summed E-state index contributed by atoms with van der Waals surface area (Å²) in [6.07, 6.45) is -3.55. The number of benzene rings is 2. The van der Waals surface area contributed by atoms with E-state index in [9.17, 15) is 18.0 Å². The van der Waals surface area contributed by atoms with Crippen molar-refractivity contribution in [1.29, 1.82) is 0 Å². The van der Waals surface area contributed by atoms with E-state index in [1.807, 2.05) is 37.3 Å². The summed E-state index contributed by atoms with van der Waals surface area (Å²) in [6.45, 7) is 3.68. The van der Waals surface area contributed by atoms with Gasteiger partial charge in [-0.25, -0.2) is 9.50 Å². The number of nitrogens with zero attached hydrogens (tertiary/aromatic N) is 3. The Balaban J connectivity index is 1.79. The van der Waals surface area contributed by atoms with Crippen molar-refractivity contribution in [2.75, 3.05) is 0 Å². The van der Waals surface area contributed by atoms with Crippen molar-refractivity contribution in [2.45, 2.75) is 26.1 Å². The lowest BCUT2D eigenvalue weighted by molar-refractivity contribution is -0.142. The van der Waals surface area contributed by atoms with Crippen LogP contribution in [0.15, 0.2) is 66.9 Å². The standard InChI is InChI=1S/C23H19F3N4O/c1-14-8-10-17(11-9-14)19-12-20(23(24,25)26)30-21(29-19)18(13-27-30)22(31)28-15(2)16-6-4-3-5-7-16/h3-13,15H,1-2H3,(H,28,31)/t15-/m1/s1. The van der Waals surface area contributed by atoms with Gasteiger partial charge in [0, 0.05) is 5.56 Å². The van der Waals surface area contributed by atoms with Crippen LogP contribution in [0.1, 0.15) is 40.1 Å². The van der Waals surface area contributed by atoms with Crippen LogP contribution in [0, 0.1) is 6.92 Å². The molecule has 0 spiro atoms. The molecule has 1 N–H and O–H groups in total. The monoisotopic (exact) mass is 424 g/mol. The van der Waals surface area contributed by atoms with Gasteiger partial charge in [-0.1, -0.05) is 60.2 Å². The first-order valence-corrected chi connectivity index (χ1v) is 9.63. The highest BCUT2D eigenvalue weighted by Gasteiger charge is 2.36. The summed E-state index contributed by atoms with van der Waals surface area (Å²) >= 11 is 0. The zero-order chi connectivity index (χ0) is 22.2. The van der Waals surface area contributed by atoms with Gasteiger partial charge in [-0.3, -0.25) is 4.79 Å². The van der Waals surface area contributed by atoms with Gasteiger partial charge >= 0.3 is 6.18 Å². The summed E-state index contributed by atoms with van der Waals surface area (Å²) in [4.78, 5) is 17.2. The average Bonchev–Trinajstić information content (AvgIpc) is 3.17. The molecule has 0 aliphatic carbocycles. The lowest BCUT2D eigenvalue weighted by Gasteiger charge is -2.14. The Bertz CT molecular complexity index is 1230. The molecule has 0 fully saturated rings. The second-order valence-electron chi connectivity index (χ2n) is 7.29. The number of carbonyl (C=O) groups is 1. The fourth-order valence-electron chi connectivity index (χ4n) is 3.30. The lowest BCUT2D eigenvalue weighted by atomic mass is 10.1. The molecule has 0 unspecified atom stereocenters. The van der Waals surface area contributed by atoms with E-state index in [0.717, 1.165) is 23.4 Å². The van der Waals surface area contributed by atoms with E-state index in [0.29, 0.717) is 10.1 Å². The highest BCUT2D eigenvalue weighted by molar-refractivity contribution is 6.00. The smallest absolute Gasteiger partial charge is 0.345 e. The van der Waals surface area contributed by atoms with E-state index in [4.69, 9.17) is 0 Å². The third-order valence-corrected chi connectivity index (χ3v) is 5.00. The third kappa shape index (κ3) is 4.14. The maximum absolute atomic E-state index is 13.7. The molecule has 0 aliphatic rings. The van der Waals surface area contributed by atoms with Crippen LogP contribution in [0.4, 0.5) is 13.2 Å². The SMILES string of the molecule is Cc1ccc(-c2cc(C(F)(F)F)n3ncc(C(=O)N[C@H](C)c4ccccc4)c3n2)cc1. The zero-order valence-corrected chi connectivity index (χ0v) is 16.8. The van der Waals surface area contributed by atoms with E-state index < -0.39 is 17.8 Å². The van der Waals surface area contributed by atoms with E-state index >= 15 is 0 Å². The Morgan fingerprint density at radius 1 is 1.06 bits per heavy atom. The van der Waals surface area contributed by atoms with Crippen LogP contribution in [0.2, 0.25) is 0 Å². The number of halogens is 3. The first-order valence-electron chi connectivity index (χ1n) is 9.63. The second kappa shape index (κ2) is 7.86. The minimum atomic E-state index is -4.67. The van der Waals surface area contributed by atoms with Crippen molar-refractivity contribution in [3.05, 3.63) is 89.2 Å². The maximum Gasteiger partial charge on any atom is 0.433 e. The van der Waals surface area contributed by atoms with E-state index in [1.165, 1.54) is 0 Å². The molecule has 4 rings (SSSR count). The van der Waals surface area contributed by atoms with Crippen LogP contribution in [-0.2, 0) is 6.18 Å². The van der Waals surface area contributed by atoms with Gasteiger partial charge < -0.3 is 5.32 Å². The van der Waals surface area contributed by atoms with Crippen molar-refractivity contribution in [2.24, 2.45) is 0 Å². The van der Waals surface area contributed by atoms with Gasteiger partial charge in [0.25, 0.3) is 5.91 Å². The molecule has 0 saturated heterocycles. The van der Waals surface area contributed by atoms with Crippen LogP contribution in [0.3, 0.4) is 0 Å². The Kier molecular flexibility index (Phi) is 5.22. The first-order chi connectivity index (χ1) is 14.7. The van der Waals surface area contributed by atoms with Gasteiger partial charge in [-0.15, -0.1) is 0 Å². The van der Waals surface area contributed by atoms with Gasteiger partial charge in [0.2, 0.25) is 0 Å². The predicted octanol–water partition coefficient (Wildman–Crippen LogP) is 5.21. The maximum atomic E-state index is 13.7. The minimum Gasteiger partial charge on any atom is -0.345 e. The summed E-state index contributed by atoms with van der Waals surface area (Å²) < 4.78 is 41.9. The summed E-state index contributed by atoms with van der Waals surface area (Å²) in [7, 11) is 0. The molecule has 5 nitrogen and oxygen atoms in total. The van der Waals surface area contributed by atoms with Gasteiger partial charge in [0.15, 0.2) is 11.3 Å². The normalized spacial score (nSPS) is 12.7. The second-order valence-corrected chi connectivity index (χ2v) is 7.29. The average molecular weight is 424 g/mol. The predicted molar refractivity (Wildman–Crippen MR) is 110 cm³/mol. The van der Waals surface area contributed by atoms with Crippen LogP contribution < -0.4 is 5.32 Å². The van der Waals surface area contributed by atoms with Crippen molar-refractivity contribution in [3.8, 4) is 11.3 Å². The van der Waals surface area contributed by atoms with E-state index in [1.54, 1.807) is 31.2 Å². The number of hydrogen-bond donors (Lipinski definition) is 1. The number of fused-ring (bicyclic) bond motifs is 1. The third-order valence-electron chi connectivity index (χ3n) is 5.00. The Morgan fingerprint density at radius 2 is 1.74 bits per heavy atom. The summed E-state index contributed by atoms with van der Waals surface area (Å²) in [5.74, 6) is -0.548. The molecule has 8 heteroatoms. The van der Waals surface area contributed by atoms with Crippen LogP contribution in [-0.4, -0.2) is 20.5 Å². The Morgan fingerprint density at radius 3 is 2.39 bits per heavy atom. The number of carbonyl (C=O) groups excluding carboxylic acids is 1. The molecule has 0 saturated carbocycles. The molecule has 2 aromatic carbocycles. The van der Waals surface area contributed by atoms with Crippen molar-refractivity contribution >= 4 is 11.6 Å². The van der Waals surface area contributed by atoms with Gasteiger partial charge in [0.1, 0.15) is 5.56 Å². The molecule has 0 bridgehead atoms. The quantitative estimate of drug-likeness (QED) is 0.489. The molecule has 2 heterocycles. The molecule has 158 valence electrons. The van der Waals surface area contributed by atoms with E-state index in [-0.39, 0.29) is 22.9 Å². The van der Waals surface area contributed by atoms with E-state index in [2.05, 4.69) is 15.4 Å². The number of alkyl halides is 3. The molecular weight excluding hydrogens is 405 g/mol. The molecule has 1 atom stereocenters. The lowest BCUT2D eigenvalue weighted by Crippen LogP contribution is -2.26. The first kappa shape index (κ1) is 20.6. The fourth-order valence-corrected chi connectivity index (χ4v) is 3.30. The number of amides is 1. The largest absolute Gasteiger partial charge is 0.433 e. The number of aromatic nitrogens is 3. The summed E-state index contributed by atoms with van der Waals surface area (Å²) in [6, 6.07) is 16.8.